The summed E-state index contributed by atoms with van der Waals surface area (Å²) in [4.78, 5) is 81.2. The number of nitrogens with zero attached hydrogens (tertiary/aromatic N) is 4. The Morgan fingerprint density at radius 1 is 0.625 bits per heavy atom. The number of guanidine groups is 2. The zero-order valence-corrected chi connectivity index (χ0v) is 48.5. The van der Waals surface area contributed by atoms with Crippen LogP contribution in [0.4, 0.5) is 0 Å². The number of phenolic OH excluding ortho intramolecular Hbond substituents is 1. The van der Waals surface area contributed by atoms with Crippen LogP contribution in [-0.2, 0) is 38.6 Å². The minimum atomic E-state index is -0.953. The number of aliphatic imine (C=N–C) groups is 2. The summed E-state index contributed by atoms with van der Waals surface area (Å²) in [6, 6.07) is 0.897. The molecule has 2 atom stereocenters. The predicted octanol–water partition coefficient (Wildman–Crippen LogP) is 1.09. The number of rotatable bonds is 39. The molecule has 4 amide bonds. The number of carbonyl (C=O) groups is 4. The van der Waals surface area contributed by atoms with Crippen LogP contribution in [0.15, 0.2) is 54.6 Å². The number of hydrogen-bond donors (Lipinski definition) is 12. The van der Waals surface area contributed by atoms with E-state index in [4.69, 9.17) is 36.8 Å². The van der Waals surface area contributed by atoms with E-state index >= 15 is 0 Å². The number of fused-ring (bicyclic) bond motifs is 2. The lowest BCUT2D eigenvalue weighted by atomic mass is 9.95. The number of hydrogen-bond acceptors (Lipinski definition) is 16. The van der Waals surface area contributed by atoms with E-state index in [1.165, 1.54) is 12.1 Å². The minimum absolute atomic E-state index is 0.00581. The Kier molecular flexibility index (Phi) is 30.5. The van der Waals surface area contributed by atoms with Crippen LogP contribution in [0.2, 0.25) is 0 Å². The number of aliphatic hydroxyl groups is 1. The number of aliphatic hydroxyl groups excluding tert-OH is 1. The monoisotopic (exact) mass is 1120 g/mol. The number of ether oxygens (including phenoxy) is 2. The lowest BCUT2D eigenvalue weighted by Gasteiger charge is -2.20. The number of carbonyl (C=O) groups excluding carboxylic acids is 4. The van der Waals surface area contributed by atoms with Gasteiger partial charge in [-0.1, -0.05) is 23.3 Å². The van der Waals surface area contributed by atoms with E-state index in [1.807, 2.05) is 68.0 Å². The molecule has 0 aliphatic rings. The summed E-state index contributed by atoms with van der Waals surface area (Å²) >= 11 is 0. The second-order valence-electron chi connectivity index (χ2n) is 20.7. The van der Waals surface area contributed by atoms with E-state index in [0.29, 0.717) is 57.4 Å². The first kappa shape index (κ1) is 67.3. The molecule has 24 nitrogen and oxygen atoms in total. The Hall–Kier alpha value is -6.99. The normalized spacial score (nSPS) is 11.9. The average molecular weight is 1120 g/mol. The SMILES string of the molecule is CC(C)=CCc1c(OCC(=O)NC(CCCN=C(N)N)C(=O)NCCCNCCCN(C)C)cc2oc3cc(OCC(=O)NC(CCCN=C(N)N)C(=O)NCCCNCCCN(C)C)c(CO)c(CC=C(C)C)c3c(=O)c2c1O. The van der Waals surface area contributed by atoms with Crippen LogP contribution in [0.3, 0.4) is 0 Å². The Labute approximate surface area is 471 Å². The third kappa shape index (κ3) is 24.6. The molecular formula is C56H92N14O10. The van der Waals surface area contributed by atoms with Crippen LogP contribution < -0.4 is 69.7 Å². The molecule has 0 saturated heterocycles. The van der Waals surface area contributed by atoms with Gasteiger partial charge in [0, 0.05) is 49.4 Å². The number of nitrogens with two attached hydrogens (primary N) is 4. The first-order valence-electron chi connectivity index (χ1n) is 27.5. The fraction of sp³-hybridized carbons (Fsp3) is 0.589. The Balaban J connectivity index is 1.97. The second-order valence-corrected chi connectivity index (χ2v) is 20.7. The van der Waals surface area contributed by atoms with E-state index in [1.54, 1.807) is 0 Å². The molecule has 0 aliphatic carbocycles. The van der Waals surface area contributed by atoms with E-state index in [0.717, 1.165) is 50.2 Å². The number of benzene rings is 2. The van der Waals surface area contributed by atoms with Crippen LogP contribution in [0.25, 0.3) is 21.9 Å². The third-order valence-electron chi connectivity index (χ3n) is 12.6. The average Bonchev–Trinajstić information content (AvgIpc) is 3.52. The van der Waals surface area contributed by atoms with Gasteiger partial charge in [-0.05, 0) is 165 Å². The highest BCUT2D eigenvalue weighted by molar-refractivity contribution is 5.98. The van der Waals surface area contributed by atoms with Crippen LogP contribution >= 0.6 is 0 Å². The van der Waals surface area contributed by atoms with Gasteiger partial charge >= 0.3 is 0 Å². The summed E-state index contributed by atoms with van der Waals surface area (Å²) in [7, 11) is 8.08. The molecule has 0 aliphatic heterocycles. The highest BCUT2D eigenvalue weighted by Crippen LogP contribution is 2.39. The van der Waals surface area contributed by atoms with Crippen LogP contribution in [-0.4, -0.2) is 174 Å². The zero-order chi connectivity index (χ0) is 59.1. The third-order valence-corrected chi connectivity index (χ3v) is 12.6. The van der Waals surface area contributed by atoms with Crippen molar-refractivity contribution in [2.45, 2.75) is 111 Å². The first-order valence-corrected chi connectivity index (χ1v) is 27.5. The van der Waals surface area contributed by atoms with Gasteiger partial charge in [-0.2, -0.15) is 0 Å². The summed E-state index contributed by atoms with van der Waals surface area (Å²) in [6.45, 7) is 11.9. The van der Waals surface area contributed by atoms with E-state index < -0.39 is 66.7 Å². The fourth-order valence-electron chi connectivity index (χ4n) is 8.42. The maximum atomic E-state index is 14.8. The molecule has 0 saturated carbocycles. The standard InChI is InChI=1S/C56H92N14O10/c1-36(2)17-19-38-40(33-71)44(79-35-48(73)68-42(16-10-26-66-56(59)60)54(77)64-28-12-22-62-24-14-30-70(7)8)32-45-49(38)52(75)50-46(80-45)31-43(39(51(50)74)20-18-37(3)4)78-34-47(72)67-41(15-9-25-65-55(57)58)53(76)63-27-11-21-61-23-13-29-69(5)6/h17-18,31-32,41-42,61-62,71,74H,9-16,19-30,33-35H2,1-8H3,(H,63,76)(H,64,77)(H,67,72)(H,68,73)(H4,57,58,65)(H4,59,60,66). The highest BCUT2D eigenvalue weighted by Gasteiger charge is 2.27. The van der Waals surface area contributed by atoms with Gasteiger partial charge in [-0.3, -0.25) is 34.0 Å². The van der Waals surface area contributed by atoms with Gasteiger partial charge in [0.2, 0.25) is 17.2 Å². The topological polar surface area (TPSA) is 365 Å². The van der Waals surface area contributed by atoms with Crippen LogP contribution in [0.5, 0.6) is 17.2 Å². The number of aromatic hydroxyl groups is 1. The summed E-state index contributed by atoms with van der Waals surface area (Å²) in [5.74, 6) is -2.62. The molecule has 2 aromatic carbocycles. The van der Waals surface area contributed by atoms with Gasteiger partial charge < -0.3 is 88.7 Å². The molecule has 2 unspecified atom stereocenters. The maximum Gasteiger partial charge on any atom is 0.258 e. The van der Waals surface area contributed by atoms with Crippen molar-refractivity contribution in [1.82, 2.24) is 41.7 Å². The Bertz CT molecular complexity index is 2650. The molecule has 24 heteroatoms. The molecule has 0 bridgehead atoms. The highest BCUT2D eigenvalue weighted by atomic mass is 16.5. The van der Waals surface area contributed by atoms with Crippen molar-refractivity contribution in [3.05, 3.63) is 62.3 Å². The number of amides is 4. The van der Waals surface area contributed by atoms with E-state index in [-0.39, 0.29) is 95.3 Å². The Morgan fingerprint density at radius 3 is 1.48 bits per heavy atom. The van der Waals surface area contributed by atoms with Crippen LogP contribution in [0, 0.1) is 0 Å². The van der Waals surface area contributed by atoms with Gasteiger partial charge in [0.25, 0.3) is 11.8 Å². The molecule has 446 valence electrons. The zero-order valence-electron chi connectivity index (χ0n) is 48.5. The summed E-state index contributed by atoms with van der Waals surface area (Å²) in [5, 5.41) is 40.9. The molecule has 0 fully saturated rings. The molecule has 1 heterocycles. The largest absolute Gasteiger partial charge is 0.507 e. The van der Waals surface area contributed by atoms with Crippen molar-refractivity contribution >= 4 is 57.5 Å². The van der Waals surface area contributed by atoms with Gasteiger partial charge in [0.1, 0.15) is 45.9 Å². The lowest BCUT2D eigenvalue weighted by molar-refractivity contribution is -0.130. The molecular weight excluding hydrogens is 1030 g/mol. The second kappa shape index (κ2) is 36.3. The van der Waals surface area contributed by atoms with Crippen molar-refractivity contribution < 1.29 is 43.3 Å². The van der Waals surface area contributed by atoms with Crippen molar-refractivity contribution in [3.63, 3.8) is 0 Å². The van der Waals surface area contributed by atoms with E-state index in [9.17, 15) is 34.2 Å². The summed E-state index contributed by atoms with van der Waals surface area (Å²) < 4.78 is 18.6. The van der Waals surface area contributed by atoms with Gasteiger partial charge in [-0.25, -0.2) is 0 Å². The van der Waals surface area contributed by atoms with Crippen molar-refractivity contribution in [3.8, 4) is 17.2 Å². The van der Waals surface area contributed by atoms with Crippen molar-refractivity contribution in [2.24, 2.45) is 32.9 Å². The molecule has 1 aromatic heterocycles. The quantitative estimate of drug-likeness (QED) is 0.0125. The number of allylic oxidation sites excluding steroid dienone is 4. The lowest BCUT2D eigenvalue weighted by Crippen LogP contribution is -2.48. The molecule has 80 heavy (non-hydrogen) atoms. The van der Waals surface area contributed by atoms with Crippen molar-refractivity contribution in [1.29, 1.82) is 0 Å². The van der Waals surface area contributed by atoms with Gasteiger partial charge in [0.15, 0.2) is 25.1 Å². The molecule has 0 spiro atoms. The fourth-order valence-corrected chi connectivity index (χ4v) is 8.42. The summed E-state index contributed by atoms with van der Waals surface area (Å²) in [6.07, 6.45) is 8.46. The van der Waals surface area contributed by atoms with Gasteiger partial charge in [-0.15, -0.1) is 0 Å². The summed E-state index contributed by atoms with van der Waals surface area (Å²) in [5.41, 5.74) is 23.9. The van der Waals surface area contributed by atoms with Crippen LogP contribution in [0.1, 0.15) is 95.8 Å². The number of nitrogens with one attached hydrogen (secondary N) is 6. The molecule has 0 radical (unpaired) electrons. The van der Waals surface area contributed by atoms with E-state index in [2.05, 4.69) is 51.7 Å². The predicted molar refractivity (Wildman–Crippen MR) is 316 cm³/mol. The van der Waals surface area contributed by atoms with Crippen molar-refractivity contribution in [2.75, 3.05) is 107 Å². The first-order chi connectivity index (χ1) is 38.1. The minimum Gasteiger partial charge on any atom is -0.507 e. The molecule has 16 N–H and O–H groups in total. The smallest absolute Gasteiger partial charge is 0.258 e. The molecule has 3 rings (SSSR count). The van der Waals surface area contributed by atoms with Gasteiger partial charge in [0.05, 0.1) is 12.0 Å². The molecule has 3 aromatic rings. The Morgan fingerprint density at radius 2 is 1.05 bits per heavy atom. The number of phenols is 1. The maximum absolute atomic E-state index is 14.8.